The third kappa shape index (κ3) is 4.09. The lowest BCUT2D eigenvalue weighted by molar-refractivity contribution is 0.0923. The number of carbonyl (C=O) groups is 1. The van der Waals surface area contributed by atoms with E-state index in [0.717, 1.165) is 12.1 Å². The molecule has 3 aromatic rings. The topological polar surface area (TPSA) is 62.6 Å². The van der Waals surface area contributed by atoms with Gasteiger partial charge in [-0.1, -0.05) is 36.4 Å². The van der Waals surface area contributed by atoms with E-state index in [0.29, 0.717) is 17.5 Å². The third-order valence-electron chi connectivity index (χ3n) is 4.94. The molecular formula is C22H22N2O3. The van der Waals surface area contributed by atoms with Crippen LogP contribution in [0, 0.1) is 0 Å². The quantitative estimate of drug-likeness (QED) is 0.756. The van der Waals surface area contributed by atoms with Crippen LogP contribution in [0.2, 0.25) is 0 Å². The standard InChI is InChI=1S/C22H22N2O3/c25-19-13-21(27-20-6-2-1-5-18(19)20)22(26)23-14-16-7-9-17(10-8-16)15-24-11-3-4-12-24/h1-2,5-10,13H,3-4,11-12,14-15H2,(H,23,26). The zero-order valence-corrected chi connectivity index (χ0v) is 15.1. The van der Waals surface area contributed by atoms with Gasteiger partial charge < -0.3 is 9.73 Å². The minimum Gasteiger partial charge on any atom is -0.451 e. The molecule has 1 saturated heterocycles. The van der Waals surface area contributed by atoms with Gasteiger partial charge in [0.1, 0.15) is 5.58 Å². The molecule has 0 spiro atoms. The largest absolute Gasteiger partial charge is 0.451 e. The van der Waals surface area contributed by atoms with Gasteiger partial charge in [-0.3, -0.25) is 14.5 Å². The molecule has 0 radical (unpaired) electrons. The predicted molar refractivity (Wildman–Crippen MR) is 105 cm³/mol. The maximum absolute atomic E-state index is 12.4. The molecule has 1 aliphatic rings. The van der Waals surface area contributed by atoms with E-state index in [1.807, 2.05) is 12.1 Å². The number of fused-ring (bicyclic) bond motifs is 1. The summed E-state index contributed by atoms with van der Waals surface area (Å²) in [5.74, 6) is -0.358. The van der Waals surface area contributed by atoms with Gasteiger partial charge in [-0.05, 0) is 49.2 Å². The molecule has 0 aliphatic carbocycles. The van der Waals surface area contributed by atoms with Crippen LogP contribution in [-0.4, -0.2) is 23.9 Å². The number of hydrogen-bond acceptors (Lipinski definition) is 4. The van der Waals surface area contributed by atoms with E-state index in [2.05, 4.69) is 22.3 Å². The van der Waals surface area contributed by atoms with Gasteiger partial charge in [0.25, 0.3) is 5.91 Å². The van der Waals surface area contributed by atoms with E-state index in [1.165, 1.54) is 37.6 Å². The number of amides is 1. The molecule has 0 saturated carbocycles. The Kier molecular flexibility index (Phi) is 5.03. The van der Waals surface area contributed by atoms with Crippen LogP contribution in [0.15, 0.2) is 63.8 Å². The Balaban J connectivity index is 1.39. The first-order valence-electron chi connectivity index (χ1n) is 9.30. The second-order valence-electron chi connectivity index (χ2n) is 6.95. The Labute approximate surface area is 157 Å². The number of benzene rings is 2. The fraction of sp³-hybridized carbons (Fsp3) is 0.273. The molecule has 1 aromatic heterocycles. The molecular weight excluding hydrogens is 340 g/mol. The van der Waals surface area contributed by atoms with Gasteiger partial charge in [-0.15, -0.1) is 0 Å². The third-order valence-corrected chi connectivity index (χ3v) is 4.94. The van der Waals surface area contributed by atoms with Gasteiger partial charge in [0.15, 0.2) is 11.2 Å². The fourth-order valence-corrected chi connectivity index (χ4v) is 3.45. The lowest BCUT2D eigenvalue weighted by Gasteiger charge is -2.14. The van der Waals surface area contributed by atoms with Gasteiger partial charge in [-0.25, -0.2) is 0 Å². The Hall–Kier alpha value is -2.92. The minimum absolute atomic E-state index is 0.0318. The highest BCUT2D eigenvalue weighted by atomic mass is 16.3. The molecule has 0 atom stereocenters. The predicted octanol–water partition coefficient (Wildman–Crippen LogP) is 3.32. The number of nitrogens with zero attached hydrogens (tertiary/aromatic N) is 1. The second-order valence-corrected chi connectivity index (χ2v) is 6.95. The molecule has 27 heavy (non-hydrogen) atoms. The molecule has 0 bridgehead atoms. The van der Waals surface area contributed by atoms with Crippen molar-refractivity contribution in [3.8, 4) is 0 Å². The molecule has 1 fully saturated rings. The number of para-hydroxylation sites is 1. The first-order chi connectivity index (χ1) is 13.2. The zero-order valence-electron chi connectivity index (χ0n) is 15.1. The highest BCUT2D eigenvalue weighted by Crippen LogP contribution is 2.14. The Morgan fingerprint density at radius 2 is 1.70 bits per heavy atom. The van der Waals surface area contributed by atoms with Crippen molar-refractivity contribution in [2.24, 2.45) is 0 Å². The Bertz CT molecular complexity index is 1000. The van der Waals surface area contributed by atoms with Crippen molar-refractivity contribution in [1.82, 2.24) is 10.2 Å². The van der Waals surface area contributed by atoms with E-state index in [9.17, 15) is 9.59 Å². The lowest BCUT2D eigenvalue weighted by Crippen LogP contribution is -2.24. The Morgan fingerprint density at radius 3 is 2.48 bits per heavy atom. The van der Waals surface area contributed by atoms with E-state index < -0.39 is 0 Å². The molecule has 1 aliphatic heterocycles. The van der Waals surface area contributed by atoms with Crippen molar-refractivity contribution in [2.75, 3.05) is 13.1 Å². The number of rotatable bonds is 5. The van der Waals surface area contributed by atoms with E-state index >= 15 is 0 Å². The molecule has 4 rings (SSSR count). The smallest absolute Gasteiger partial charge is 0.287 e. The normalized spacial score (nSPS) is 14.5. The number of nitrogens with one attached hydrogen (secondary N) is 1. The summed E-state index contributed by atoms with van der Waals surface area (Å²) in [6.07, 6.45) is 2.57. The van der Waals surface area contributed by atoms with Gasteiger partial charge in [0.2, 0.25) is 0 Å². The molecule has 5 nitrogen and oxygen atoms in total. The fourth-order valence-electron chi connectivity index (χ4n) is 3.45. The van der Waals surface area contributed by atoms with E-state index in [-0.39, 0.29) is 17.1 Å². The van der Waals surface area contributed by atoms with Crippen LogP contribution >= 0.6 is 0 Å². The summed E-state index contributed by atoms with van der Waals surface area (Å²) in [7, 11) is 0. The van der Waals surface area contributed by atoms with Gasteiger partial charge in [0, 0.05) is 19.2 Å². The van der Waals surface area contributed by atoms with Crippen LogP contribution in [0.4, 0.5) is 0 Å². The lowest BCUT2D eigenvalue weighted by atomic mass is 10.1. The zero-order chi connectivity index (χ0) is 18.6. The van der Waals surface area contributed by atoms with Crippen LogP contribution in [0.1, 0.15) is 34.5 Å². The maximum Gasteiger partial charge on any atom is 0.287 e. The van der Waals surface area contributed by atoms with Crippen LogP contribution in [-0.2, 0) is 13.1 Å². The first kappa shape index (κ1) is 17.5. The number of hydrogen-bond donors (Lipinski definition) is 1. The van der Waals surface area contributed by atoms with Crippen LogP contribution < -0.4 is 10.7 Å². The highest BCUT2D eigenvalue weighted by Gasteiger charge is 2.13. The highest BCUT2D eigenvalue weighted by molar-refractivity contribution is 5.93. The molecule has 1 amide bonds. The van der Waals surface area contributed by atoms with E-state index in [1.54, 1.807) is 24.3 Å². The van der Waals surface area contributed by atoms with Crippen LogP contribution in [0.5, 0.6) is 0 Å². The SMILES string of the molecule is O=C(NCc1ccc(CN2CCCC2)cc1)c1cc(=O)c2ccccc2o1. The van der Waals surface area contributed by atoms with Crippen molar-refractivity contribution < 1.29 is 9.21 Å². The summed E-state index contributed by atoms with van der Waals surface area (Å²) in [4.78, 5) is 26.9. The summed E-state index contributed by atoms with van der Waals surface area (Å²) in [5, 5.41) is 3.29. The Morgan fingerprint density at radius 1 is 1.00 bits per heavy atom. The molecule has 2 heterocycles. The van der Waals surface area contributed by atoms with Crippen molar-refractivity contribution in [1.29, 1.82) is 0 Å². The first-order valence-corrected chi connectivity index (χ1v) is 9.30. The summed E-state index contributed by atoms with van der Waals surface area (Å²) < 4.78 is 5.57. The number of carbonyl (C=O) groups excluding carboxylic acids is 1. The molecule has 2 aromatic carbocycles. The molecule has 5 heteroatoms. The van der Waals surface area contributed by atoms with Crippen molar-refractivity contribution in [2.45, 2.75) is 25.9 Å². The summed E-state index contributed by atoms with van der Waals surface area (Å²) >= 11 is 0. The second kappa shape index (κ2) is 7.76. The van der Waals surface area contributed by atoms with Gasteiger partial charge in [-0.2, -0.15) is 0 Å². The van der Waals surface area contributed by atoms with Crippen LogP contribution in [0.3, 0.4) is 0 Å². The summed E-state index contributed by atoms with van der Waals surface area (Å²) in [6.45, 7) is 3.72. The monoisotopic (exact) mass is 362 g/mol. The summed E-state index contributed by atoms with van der Waals surface area (Å²) in [5.41, 5.74) is 2.50. The molecule has 0 unspecified atom stereocenters. The average molecular weight is 362 g/mol. The van der Waals surface area contributed by atoms with Gasteiger partial charge >= 0.3 is 0 Å². The molecule has 138 valence electrons. The van der Waals surface area contributed by atoms with E-state index in [4.69, 9.17) is 4.42 Å². The van der Waals surface area contributed by atoms with Crippen LogP contribution in [0.25, 0.3) is 11.0 Å². The van der Waals surface area contributed by atoms with Gasteiger partial charge in [0.05, 0.1) is 5.39 Å². The van der Waals surface area contributed by atoms with Crippen molar-refractivity contribution in [3.63, 3.8) is 0 Å². The minimum atomic E-state index is -0.390. The summed E-state index contributed by atoms with van der Waals surface area (Å²) in [6, 6.07) is 16.4. The number of likely N-dealkylation sites (tertiary alicyclic amines) is 1. The van der Waals surface area contributed by atoms with Crippen molar-refractivity contribution >= 4 is 16.9 Å². The average Bonchev–Trinajstić information content (AvgIpc) is 3.20. The molecule has 1 N–H and O–H groups in total. The van der Waals surface area contributed by atoms with Crippen molar-refractivity contribution in [3.05, 3.63) is 81.7 Å². The maximum atomic E-state index is 12.4.